The first kappa shape index (κ1) is 16.4. The minimum absolute atomic E-state index is 0.0143. The fraction of sp³-hybridized carbons (Fsp3) is 0.222. The Hall–Kier alpha value is -2.47. The van der Waals surface area contributed by atoms with Gasteiger partial charge in [0.05, 0.1) is 28.8 Å². The number of para-hydroxylation sites is 1. The van der Waals surface area contributed by atoms with Crippen molar-refractivity contribution in [1.82, 2.24) is 4.98 Å². The van der Waals surface area contributed by atoms with Crippen LogP contribution in [0.5, 0.6) is 5.75 Å². The second-order valence-electron chi connectivity index (χ2n) is 5.19. The largest absolute Gasteiger partial charge is 0.496 e. The van der Waals surface area contributed by atoms with Gasteiger partial charge < -0.3 is 9.47 Å². The number of hydrogen-bond acceptors (Lipinski definition) is 5. The number of rotatable bonds is 6. The molecule has 0 bridgehead atoms. The number of carbonyl (C=O) groups is 1. The first-order chi connectivity index (χ1) is 11.7. The predicted octanol–water partition coefficient (Wildman–Crippen LogP) is 4.12. The van der Waals surface area contributed by atoms with Crippen molar-refractivity contribution < 1.29 is 18.7 Å². The lowest BCUT2D eigenvalue weighted by atomic mass is 10.2. The number of methoxy groups -OCH3 is 1. The summed E-state index contributed by atoms with van der Waals surface area (Å²) in [6.07, 6.45) is 0.760. The van der Waals surface area contributed by atoms with E-state index in [1.54, 1.807) is 11.3 Å². The van der Waals surface area contributed by atoms with Gasteiger partial charge >= 0.3 is 5.97 Å². The molecule has 0 unspecified atom stereocenters. The second kappa shape index (κ2) is 7.40. The van der Waals surface area contributed by atoms with Crippen molar-refractivity contribution in [2.45, 2.75) is 19.4 Å². The molecule has 0 atom stereocenters. The smallest absolute Gasteiger partial charge is 0.306 e. The topological polar surface area (TPSA) is 48.4 Å². The molecule has 6 heteroatoms. The Morgan fingerprint density at radius 3 is 2.88 bits per heavy atom. The van der Waals surface area contributed by atoms with E-state index in [0.717, 1.165) is 15.2 Å². The summed E-state index contributed by atoms with van der Waals surface area (Å²) in [6, 6.07) is 12.0. The zero-order valence-corrected chi connectivity index (χ0v) is 13.9. The van der Waals surface area contributed by atoms with Gasteiger partial charge in [-0.3, -0.25) is 4.79 Å². The van der Waals surface area contributed by atoms with E-state index >= 15 is 0 Å². The minimum atomic E-state index is -0.392. The van der Waals surface area contributed by atoms with Gasteiger partial charge in [-0.25, -0.2) is 9.37 Å². The highest BCUT2D eigenvalue weighted by Crippen LogP contribution is 2.23. The molecule has 1 aromatic heterocycles. The van der Waals surface area contributed by atoms with Crippen LogP contribution in [-0.2, 0) is 22.6 Å². The van der Waals surface area contributed by atoms with E-state index in [-0.39, 0.29) is 19.0 Å². The van der Waals surface area contributed by atoms with Crippen molar-refractivity contribution in [2.24, 2.45) is 0 Å². The molecular weight excluding hydrogens is 329 g/mol. The van der Waals surface area contributed by atoms with Crippen LogP contribution in [0.25, 0.3) is 10.2 Å². The lowest BCUT2D eigenvalue weighted by Gasteiger charge is -2.09. The third-order valence-corrected chi connectivity index (χ3v) is 4.61. The number of benzene rings is 2. The monoisotopic (exact) mass is 345 g/mol. The molecular formula is C18H16FNO3S. The number of hydrogen-bond donors (Lipinski definition) is 0. The van der Waals surface area contributed by atoms with Crippen LogP contribution in [0, 0.1) is 5.82 Å². The predicted molar refractivity (Wildman–Crippen MR) is 90.7 cm³/mol. The molecule has 0 N–H and O–H groups in total. The summed E-state index contributed by atoms with van der Waals surface area (Å²) in [4.78, 5) is 16.4. The molecule has 24 heavy (non-hydrogen) atoms. The van der Waals surface area contributed by atoms with Crippen LogP contribution in [0.15, 0.2) is 42.5 Å². The molecule has 0 aliphatic rings. The number of ether oxygens (including phenoxy) is 2. The Labute approximate surface area is 142 Å². The molecule has 3 rings (SSSR count). The SMILES string of the molecule is COc1ccc(F)cc1COC(=O)CCc1nc2ccccc2s1. The van der Waals surface area contributed by atoms with Crippen molar-refractivity contribution >= 4 is 27.5 Å². The molecule has 0 aliphatic carbocycles. The van der Waals surface area contributed by atoms with Crippen LogP contribution in [0.1, 0.15) is 17.0 Å². The van der Waals surface area contributed by atoms with Gasteiger partial charge in [-0.2, -0.15) is 0 Å². The Morgan fingerprint density at radius 1 is 1.25 bits per heavy atom. The summed E-state index contributed by atoms with van der Waals surface area (Å²) in [7, 11) is 1.49. The first-order valence-corrected chi connectivity index (χ1v) is 8.30. The number of esters is 1. The average Bonchev–Trinajstić information content (AvgIpc) is 3.01. The van der Waals surface area contributed by atoms with E-state index in [1.807, 2.05) is 24.3 Å². The summed E-state index contributed by atoms with van der Waals surface area (Å²) in [5.74, 6) is -0.243. The first-order valence-electron chi connectivity index (χ1n) is 7.48. The lowest BCUT2D eigenvalue weighted by molar-refractivity contribution is -0.144. The lowest BCUT2D eigenvalue weighted by Crippen LogP contribution is -2.07. The zero-order valence-electron chi connectivity index (χ0n) is 13.1. The molecule has 0 amide bonds. The molecule has 4 nitrogen and oxygen atoms in total. The van der Waals surface area contributed by atoms with E-state index in [0.29, 0.717) is 17.7 Å². The van der Waals surface area contributed by atoms with Gasteiger partial charge in [-0.05, 0) is 30.3 Å². The number of thiazole rings is 1. The third kappa shape index (κ3) is 3.89. The molecule has 0 spiro atoms. The van der Waals surface area contributed by atoms with Gasteiger partial charge in [0.2, 0.25) is 0 Å². The number of halogens is 1. The van der Waals surface area contributed by atoms with Crippen molar-refractivity contribution in [2.75, 3.05) is 7.11 Å². The summed E-state index contributed by atoms with van der Waals surface area (Å²) in [5.41, 5.74) is 1.45. The zero-order chi connectivity index (χ0) is 16.9. The number of aromatic nitrogens is 1. The van der Waals surface area contributed by atoms with E-state index in [2.05, 4.69) is 4.98 Å². The fourth-order valence-electron chi connectivity index (χ4n) is 2.33. The Balaban J connectivity index is 1.55. The number of carbonyl (C=O) groups excluding carboxylic acids is 1. The molecule has 0 saturated carbocycles. The molecule has 1 heterocycles. The molecule has 0 aliphatic heterocycles. The standard InChI is InChI=1S/C18H16FNO3S/c1-22-15-7-6-13(19)10-12(15)11-23-18(21)9-8-17-20-14-4-2-3-5-16(14)24-17/h2-7,10H,8-9,11H2,1H3. The molecule has 2 aromatic carbocycles. The molecule has 3 aromatic rings. The van der Waals surface area contributed by atoms with E-state index < -0.39 is 5.82 Å². The highest BCUT2D eigenvalue weighted by Gasteiger charge is 2.10. The third-order valence-electron chi connectivity index (χ3n) is 3.51. The average molecular weight is 345 g/mol. The van der Waals surface area contributed by atoms with Gasteiger partial charge in [0.25, 0.3) is 0 Å². The summed E-state index contributed by atoms with van der Waals surface area (Å²) in [6.45, 7) is -0.0143. The maximum Gasteiger partial charge on any atom is 0.306 e. The van der Waals surface area contributed by atoms with Crippen molar-refractivity contribution in [3.63, 3.8) is 0 Å². The van der Waals surface area contributed by atoms with Crippen LogP contribution in [0.3, 0.4) is 0 Å². The quantitative estimate of drug-likeness (QED) is 0.631. The van der Waals surface area contributed by atoms with Crippen LogP contribution in [-0.4, -0.2) is 18.1 Å². The van der Waals surface area contributed by atoms with Gasteiger partial charge in [0, 0.05) is 12.0 Å². The Kier molecular flexibility index (Phi) is 5.05. The second-order valence-corrected chi connectivity index (χ2v) is 6.31. The molecule has 0 saturated heterocycles. The summed E-state index contributed by atoms with van der Waals surface area (Å²) < 4.78 is 24.7. The highest BCUT2D eigenvalue weighted by molar-refractivity contribution is 7.18. The molecule has 0 fully saturated rings. The fourth-order valence-corrected chi connectivity index (χ4v) is 3.29. The maximum absolute atomic E-state index is 13.3. The normalized spacial score (nSPS) is 10.8. The minimum Gasteiger partial charge on any atom is -0.496 e. The highest BCUT2D eigenvalue weighted by atomic mass is 32.1. The van der Waals surface area contributed by atoms with E-state index in [1.165, 1.54) is 25.3 Å². The number of fused-ring (bicyclic) bond motifs is 1. The van der Waals surface area contributed by atoms with Crippen molar-refractivity contribution in [3.05, 3.63) is 58.9 Å². The number of nitrogens with zero attached hydrogens (tertiary/aromatic N) is 1. The van der Waals surface area contributed by atoms with Crippen LogP contribution in [0.2, 0.25) is 0 Å². The molecule has 124 valence electrons. The molecule has 0 radical (unpaired) electrons. The maximum atomic E-state index is 13.3. The van der Waals surface area contributed by atoms with Gasteiger partial charge in [0.15, 0.2) is 0 Å². The van der Waals surface area contributed by atoms with Crippen molar-refractivity contribution in [1.29, 1.82) is 0 Å². The van der Waals surface area contributed by atoms with Gasteiger partial charge in [-0.15, -0.1) is 11.3 Å². The Bertz CT molecular complexity index is 829. The van der Waals surface area contributed by atoms with Crippen LogP contribution < -0.4 is 4.74 Å². The van der Waals surface area contributed by atoms with Gasteiger partial charge in [-0.1, -0.05) is 12.1 Å². The number of aryl methyl sites for hydroxylation is 1. The van der Waals surface area contributed by atoms with Crippen LogP contribution >= 0.6 is 11.3 Å². The summed E-state index contributed by atoms with van der Waals surface area (Å²) >= 11 is 1.57. The van der Waals surface area contributed by atoms with E-state index in [9.17, 15) is 9.18 Å². The summed E-state index contributed by atoms with van der Waals surface area (Å²) in [5, 5.41) is 0.900. The van der Waals surface area contributed by atoms with Crippen molar-refractivity contribution in [3.8, 4) is 5.75 Å². The Morgan fingerprint density at radius 2 is 2.08 bits per heavy atom. The van der Waals surface area contributed by atoms with E-state index in [4.69, 9.17) is 9.47 Å². The van der Waals surface area contributed by atoms with Crippen LogP contribution in [0.4, 0.5) is 4.39 Å². The van der Waals surface area contributed by atoms with Gasteiger partial charge in [0.1, 0.15) is 18.2 Å².